The predicted octanol–water partition coefficient (Wildman–Crippen LogP) is 3.82. The lowest BCUT2D eigenvalue weighted by atomic mass is 9.83. The summed E-state index contributed by atoms with van der Waals surface area (Å²) < 4.78 is 63.2. The van der Waals surface area contributed by atoms with E-state index in [9.17, 15) is 17.6 Å². The van der Waals surface area contributed by atoms with Crippen molar-refractivity contribution in [2.24, 2.45) is 0 Å². The van der Waals surface area contributed by atoms with Crippen molar-refractivity contribution in [2.45, 2.75) is 57.9 Å². The Kier molecular flexibility index (Phi) is 4.62. The molecule has 1 aliphatic heterocycles. The second-order valence-electron chi connectivity index (χ2n) is 5.62. The average molecular weight is 292 g/mol. The van der Waals surface area contributed by atoms with E-state index < -0.39 is 42.2 Å². The smallest absolute Gasteiger partial charge is 0.398 e. The molecule has 0 amide bonds. The summed E-state index contributed by atoms with van der Waals surface area (Å²) >= 11 is 0. The third kappa shape index (κ3) is 3.36. The fourth-order valence-electron chi connectivity index (χ4n) is 1.68. The van der Waals surface area contributed by atoms with Crippen molar-refractivity contribution in [3.63, 3.8) is 0 Å². The van der Waals surface area contributed by atoms with E-state index in [0.29, 0.717) is 0 Å². The van der Waals surface area contributed by atoms with E-state index >= 15 is 0 Å². The molecule has 0 N–H and O–H groups in total. The second-order valence-corrected chi connectivity index (χ2v) is 5.62. The van der Waals surface area contributed by atoms with Crippen molar-refractivity contribution in [1.29, 1.82) is 0 Å². The summed E-state index contributed by atoms with van der Waals surface area (Å²) in [6.07, 6.45) is -0.674. The average Bonchev–Trinajstić information content (AvgIpc) is 2.46. The van der Waals surface area contributed by atoms with Crippen molar-refractivity contribution in [3.8, 4) is 12.3 Å². The van der Waals surface area contributed by atoms with E-state index in [2.05, 4.69) is 5.92 Å². The van der Waals surface area contributed by atoms with Gasteiger partial charge in [0.15, 0.2) is 0 Å². The molecule has 1 aliphatic rings. The molecule has 0 radical (unpaired) electrons. The third-order valence-corrected chi connectivity index (χ3v) is 3.61. The third-order valence-electron chi connectivity index (χ3n) is 3.61. The molecule has 1 fully saturated rings. The molecule has 1 saturated heterocycles. The van der Waals surface area contributed by atoms with Gasteiger partial charge in [-0.1, -0.05) is 0 Å². The van der Waals surface area contributed by atoms with Gasteiger partial charge in [-0.25, -0.2) is 4.39 Å². The van der Waals surface area contributed by atoms with Gasteiger partial charge >= 0.3 is 13.3 Å². The summed E-state index contributed by atoms with van der Waals surface area (Å²) in [6.45, 7) is 6.54. The Balaban J connectivity index is 3.10. The Morgan fingerprint density at radius 2 is 1.60 bits per heavy atom. The van der Waals surface area contributed by atoms with Gasteiger partial charge in [0.25, 0.3) is 0 Å². The van der Waals surface area contributed by atoms with E-state index in [0.717, 1.165) is 0 Å². The van der Waals surface area contributed by atoms with E-state index in [1.165, 1.54) is 0 Å². The molecule has 0 bridgehead atoms. The van der Waals surface area contributed by atoms with E-state index in [-0.39, 0.29) is 6.42 Å². The van der Waals surface area contributed by atoms with Crippen LogP contribution in [0.5, 0.6) is 0 Å². The topological polar surface area (TPSA) is 18.5 Å². The van der Waals surface area contributed by atoms with Crippen LogP contribution >= 0.6 is 0 Å². The quantitative estimate of drug-likeness (QED) is 0.447. The number of rotatable bonds is 3. The van der Waals surface area contributed by atoms with Gasteiger partial charge in [-0.2, -0.15) is 13.2 Å². The lowest BCUT2D eigenvalue weighted by molar-refractivity contribution is -0.0955. The van der Waals surface area contributed by atoms with Gasteiger partial charge in [0.2, 0.25) is 0 Å². The summed E-state index contributed by atoms with van der Waals surface area (Å²) in [5, 5.41) is 0. The van der Waals surface area contributed by atoms with Crippen molar-refractivity contribution in [3.05, 3.63) is 11.3 Å². The molecule has 0 atom stereocenters. The minimum atomic E-state index is -4.80. The number of hydrogen-bond acceptors (Lipinski definition) is 2. The van der Waals surface area contributed by atoms with Crippen LogP contribution in [-0.2, 0) is 9.31 Å². The number of alkyl halides is 3. The number of allylic oxidation sites excluding steroid dienone is 1. The Bertz CT molecular complexity index is 430. The Morgan fingerprint density at radius 1 is 1.15 bits per heavy atom. The Labute approximate surface area is 116 Å². The Morgan fingerprint density at radius 3 is 1.95 bits per heavy atom. The van der Waals surface area contributed by atoms with Crippen molar-refractivity contribution >= 4 is 7.12 Å². The number of terminal acetylenes is 1. The standard InChI is InChI=1S/C13H17BF4O2/c1-6-7-8-9(13(16,17)18)10(15)14-19-11(2,3)12(4,5)20-14/h1H,7-8H2,2-5H3. The van der Waals surface area contributed by atoms with Crippen molar-refractivity contribution < 1.29 is 26.9 Å². The summed E-state index contributed by atoms with van der Waals surface area (Å²) in [7, 11) is -1.66. The summed E-state index contributed by atoms with van der Waals surface area (Å²) in [5.41, 5.74) is -4.59. The molecule has 112 valence electrons. The molecule has 20 heavy (non-hydrogen) atoms. The van der Waals surface area contributed by atoms with E-state index in [4.69, 9.17) is 15.7 Å². The summed E-state index contributed by atoms with van der Waals surface area (Å²) in [4.78, 5) is 0. The first kappa shape index (κ1) is 17.1. The molecular weight excluding hydrogens is 275 g/mol. The van der Waals surface area contributed by atoms with Crippen LogP contribution in [0.3, 0.4) is 0 Å². The monoisotopic (exact) mass is 292 g/mol. The van der Waals surface area contributed by atoms with Crippen LogP contribution in [0.1, 0.15) is 40.5 Å². The lowest BCUT2D eigenvalue weighted by Crippen LogP contribution is -2.41. The minimum absolute atomic E-state index is 0.207. The largest absolute Gasteiger partial charge is 0.525 e. The van der Waals surface area contributed by atoms with Gasteiger partial charge in [0, 0.05) is 6.42 Å². The van der Waals surface area contributed by atoms with Crippen LogP contribution in [0.2, 0.25) is 0 Å². The molecule has 7 heteroatoms. The van der Waals surface area contributed by atoms with Crippen molar-refractivity contribution in [1.82, 2.24) is 0 Å². The normalized spacial score (nSPS) is 22.4. The highest BCUT2D eigenvalue weighted by atomic mass is 19.4. The van der Waals surface area contributed by atoms with Gasteiger partial charge in [-0.15, -0.1) is 12.3 Å². The van der Waals surface area contributed by atoms with Gasteiger partial charge in [0.05, 0.1) is 16.8 Å². The molecule has 0 aromatic carbocycles. The van der Waals surface area contributed by atoms with Crippen LogP contribution in [0.15, 0.2) is 11.3 Å². The highest BCUT2D eigenvalue weighted by molar-refractivity contribution is 6.53. The van der Waals surface area contributed by atoms with E-state index in [1.54, 1.807) is 27.7 Å². The zero-order chi connectivity index (χ0) is 15.8. The van der Waals surface area contributed by atoms with Crippen LogP contribution in [0.4, 0.5) is 17.6 Å². The zero-order valence-corrected chi connectivity index (χ0v) is 11.9. The minimum Gasteiger partial charge on any atom is -0.398 e. The SMILES string of the molecule is C#CCCC(=C(F)B1OC(C)(C)C(C)(C)O1)C(F)(F)F. The highest BCUT2D eigenvalue weighted by Gasteiger charge is 2.55. The number of hydrogen-bond donors (Lipinski definition) is 0. The fourth-order valence-corrected chi connectivity index (χ4v) is 1.68. The molecule has 0 aliphatic carbocycles. The first-order valence-electron chi connectivity index (χ1n) is 6.17. The Hall–Kier alpha value is -0.995. The summed E-state index contributed by atoms with van der Waals surface area (Å²) in [5.74, 6) is 2.07. The molecule has 0 aromatic heterocycles. The van der Waals surface area contributed by atoms with Gasteiger partial charge in [-0.3, -0.25) is 0 Å². The fraction of sp³-hybridized carbons (Fsp3) is 0.692. The first-order chi connectivity index (χ1) is 8.92. The molecule has 0 spiro atoms. The second kappa shape index (κ2) is 5.42. The first-order valence-corrected chi connectivity index (χ1v) is 6.17. The lowest BCUT2D eigenvalue weighted by Gasteiger charge is -2.32. The maximum absolute atomic E-state index is 14.1. The van der Waals surface area contributed by atoms with Gasteiger partial charge in [0.1, 0.15) is 5.73 Å². The molecule has 1 heterocycles. The molecule has 1 rings (SSSR count). The van der Waals surface area contributed by atoms with Crippen LogP contribution in [-0.4, -0.2) is 24.5 Å². The maximum atomic E-state index is 14.1. The molecular formula is C13H17BF4O2. The van der Waals surface area contributed by atoms with Crippen LogP contribution in [0.25, 0.3) is 0 Å². The maximum Gasteiger partial charge on any atom is 0.525 e. The van der Waals surface area contributed by atoms with E-state index in [1.807, 2.05) is 0 Å². The van der Waals surface area contributed by atoms with Gasteiger partial charge in [-0.05, 0) is 34.1 Å². The predicted molar refractivity (Wildman–Crippen MR) is 68.3 cm³/mol. The molecule has 0 saturated carbocycles. The zero-order valence-electron chi connectivity index (χ0n) is 11.9. The molecule has 0 aromatic rings. The highest BCUT2D eigenvalue weighted by Crippen LogP contribution is 2.41. The number of halogens is 4. The van der Waals surface area contributed by atoms with Crippen molar-refractivity contribution in [2.75, 3.05) is 0 Å². The summed E-state index contributed by atoms with van der Waals surface area (Å²) in [6, 6.07) is 0. The molecule has 0 unspecified atom stereocenters. The van der Waals surface area contributed by atoms with Gasteiger partial charge < -0.3 is 9.31 Å². The van der Waals surface area contributed by atoms with Crippen LogP contribution < -0.4 is 0 Å². The molecule has 2 nitrogen and oxygen atoms in total. The van der Waals surface area contributed by atoms with Crippen LogP contribution in [0, 0.1) is 12.3 Å².